The van der Waals surface area contributed by atoms with Crippen molar-refractivity contribution in [1.82, 2.24) is 4.57 Å². The van der Waals surface area contributed by atoms with E-state index in [1.54, 1.807) is 0 Å². The molecule has 2 rings (SSSR count). The predicted octanol–water partition coefficient (Wildman–Crippen LogP) is 0.0946. The smallest absolute Gasteiger partial charge is 0.245 e. The van der Waals surface area contributed by atoms with Gasteiger partial charge in [0, 0.05) is 0 Å². The van der Waals surface area contributed by atoms with Crippen molar-refractivity contribution < 1.29 is 28.5 Å². The molecule has 2 aromatic rings. The summed E-state index contributed by atoms with van der Waals surface area (Å²) in [4.78, 5) is 0. The number of rotatable bonds is 2. The molecule has 0 atom stereocenters. The Labute approximate surface area is 114 Å². The van der Waals surface area contributed by atoms with Crippen LogP contribution in [0.25, 0.3) is 11.0 Å². The highest BCUT2D eigenvalue weighted by molar-refractivity contribution is 5.71. The van der Waals surface area contributed by atoms with Crippen molar-refractivity contribution >= 4 is 11.0 Å². The third-order valence-electron chi connectivity index (χ3n) is 2.80. The average Bonchev–Trinajstić information content (AvgIpc) is 2.56. The number of hydrogen-bond acceptors (Lipinski definition) is 0. The number of fused-ring (bicyclic) bond motifs is 1. The predicted molar refractivity (Wildman–Crippen MR) is 62.9 cm³/mol. The second-order valence-corrected chi connectivity index (χ2v) is 4.61. The Morgan fingerprint density at radius 3 is 2.25 bits per heavy atom. The number of halogens is 1. The normalized spacial score (nSPS) is 11.1. The minimum absolute atomic E-state index is 0. The van der Waals surface area contributed by atoms with Gasteiger partial charge in [-0.25, -0.2) is 9.13 Å². The van der Waals surface area contributed by atoms with Crippen LogP contribution in [0.3, 0.4) is 0 Å². The molecule has 0 radical (unpaired) electrons. The van der Waals surface area contributed by atoms with Gasteiger partial charge in [-0.3, -0.25) is 0 Å². The Balaban J connectivity index is 0.00000128. The first kappa shape index (κ1) is 13.5. The molecule has 0 amide bonds. The Morgan fingerprint density at radius 1 is 1.06 bits per heavy atom. The summed E-state index contributed by atoms with van der Waals surface area (Å²) in [6, 6.07) is 9.60. The molecule has 0 fully saturated rings. The molecule has 0 N–H and O–H groups in total. The summed E-state index contributed by atoms with van der Waals surface area (Å²) in [5.41, 5.74) is 2.64. The quantitative estimate of drug-likeness (QED) is 0.545. The highest BCUT2D eigenvalue weighted by Crippen LogP contribution is 2.17. The molecule has 0 aliphatic carbocycles. The molecule has 0 spiro atoms. The third-order valence-corrected chi connectivity index (χ3v) is 2.80. The number of para-hydroxylation sites is 2. The first-order chi connectivity index (χ1) is 7.11. The van der Waals surface area contributed by atoms with E-state index in [0.717, 1.165) is 0 Å². The zero-order valence-corrected chi connectivity index (χ0v) is 12.5. The average molecular weight is 330 g/mol. The monoisotopic (exact) mass is 330 g/mol. The molecule has 3 heteroatoms. The Bertz CT molecular complexity index is 430. The topological polar surface area (TPSA) is 8.81 Å². The van der Waals surface area contributed by atoms with Gasteiger partial charge < -0.3 is 24.0 Å². The molecule has 0 aliphatic rings. The zero-order valence-electron chi connectivity index (χ0n) is 10.3. The molecule has 16 heavy (non-hydrogen) atoms. The second kappa shape index (κ2) is 5.17. The molecule has 0 bridgehead atoms. The van der Waals surface area contributed by atoms with E-state index in [-0.39, 0.29) is 24.0 Å². The van der Waals surface area contributed by atoms with Crippen molar-refractivity contribution in [1.29, 1.82) is 0 Å². The second-order valence-electron chi connectivity index (χ2n) is 4.61. The number of nitrogens with zero attached hydrogens (tertiary/aromatic N) is 2. The van der Waals surface area contributed by atoms with Gasteiger partial charge in [0.25, 0.3) is 0 Å². The van der Waals surface area contributed by atoms with Crippen LogP contribution in [0.2, 0.25) is 0 Å². The summed E-state index contributed by atoms with van der Waals surface area (Å²) >= 11 is 0. The third kappa shape index (κ3) is 2.24. The van der Waals surface area contributed by atoms with Crippen LogP contribution in [0.1, 0.15) is 39.8 Å². The Kier molecular flexibility index (Phi) is 4.35. The molecule has 0 saturated heterocycles. The lowest BCUT2D eigenvalue weighted by molar-refractivity contribution is -0.692. The van der Waals surface area contributed by atoms with Crippen molar-refractivity contribution in [3.8, 4) is 0 Å². The molecule has 88 valence electrons. The molecule has 2 nitrogen and oxygen atoms in total. The van der Waals surface area contributed by atoms with Crippen LogP contribution in [0, 0.1) is 0 Å². The fourth-order valence-electron chi connectivity index (χ4n) is 1.98. The van der Waals surface area contributed by atoms with Crippen LogP contribution in [-0.2, 0) is 0 Å². The molecule has 0 unspecified atom stereocenters. The van der Waals surface area contributed by atoms with E-state index in [4.69, 9.17) is 0 Å². The van der Waals surface area contributed by atoms with Gasteiger partial charge in [0.1, 0.15) is 0 Å². The molecule has 1 aromatic heterocycles. The van der Waals surface area contributed by atoms with Gasteiger partial charge >= 0.3 is 0 Å². The lowest BCUT2D eigenvalue weighted by atomic mass is 10.3. The molecule has 1 heterocycles. The molecule has 1 aromatic carbocycles. The Morgan fingerprint density at radius 2 is 1.69 bits per heavy atom. The maximum absolute atomic E-state index is 2.33. The van der Waals surface area contributed by atoms with E-state index in [1.807, 2.05) is 0 Å². The lowest BCUT2D eigenvalue weighted by Gasteiger charge is -2.00. The summed E-state index contributed by atoms with van der Waals surface area (Å²) in [5.74, 6) is 0. The maximum atomic E-state index is 2.33. The van der Waals surface area contributed by atoms with Gasteiger partial charge in [-0.05, 0) is 39.8 Å². The van der Waals surface area contributed by atoms with E-state index < -0.39 is 0 Å². The highest BCUT2D eigenvalue weighted by atomic mass is 127. The van der Waals surface area contributed by atoms with E-state index in [2.05, 4.69) is 67.4 Å². The van der Waals surface area contributed by atoms with Crippen LogP contribution >= 0.6 is 0 Å². The van der Waals surface area contributed by atoms with E-state index in [9.17, 15) is 0 Å². The van der Waals surface area contributed by atoms with Crippen molar-refractivity contribution in [3.05, 3.63) is 30.6 Å². The van der Waals surface area contributed by atoms with Crippen molar-refractivity contribution in [2.75, 3.05) is 0 Å². The summed E-state index contributed by atoms with van der Waals surface area (Å²) in [6.45, 7) is 8.88. The summed E-state index contributed by atoms with van der Waals surface area (Å²) in [6.07, 6.45) is 2.22. The minimum atomic E-state index is 0. The van der Waals surface area contributed by atoms with Crippen LogP contribution in [0.15, 0.2) is 30.6 Å². The highest BCUT2D eigenvalue weighted by Gasteiger charge is 2.18. The fraction of sp³-hybridized carbons (Fsp3) is 0.462. The number of hydrogen-bond donors (Lipinski definition) is 0. The van der Waals surface area contributed by atoms with Gasteiger partial charge in [0.2, 0.25) is 6.33 Å². The van der Waals surface area contributed by atoms with Crippen molar-refractivity contribution in [2.24, 2.45) is 0 Å². The van der Waals surface area contributed by atoms with Gasteiger partial charge in [-0.15, -0.1) is 0 Å². The van der Waals surface area contributed by atoms with E-state index >= 15 is 0 Å². The molecular weight excluding hydrogens is 311 g/mol. The zero-order chi connectivity index (χ0) is 11.0. The standard InChI is InChI=1S/C13H19N2.HI/c1-10(2)14-9-15(11(3)4)13-8-6-5-7-12(13)14;/h5-11H,1-4H3;1H/q+1;/p-1. The van der Waals surface area contributed by atoms with Crippen molar-refractivity contribution in [3.63, 3.8) is 0 Å². The molecular formula is C13H19IN2. The first-order valence-electron chi connectivity index (χ1n) is 5.62. The Hall–Kier alpha value is -0.580. The fourth-order valence-corrected chi connectivity index (χ4v) is 1.98. The van der Waals surface area contributed by atoms with Gasteiger partial charge in [-0.2, -0.15) is 0 Å². The van der Waals surface area contributed by atoms with Crippen LogP contribution in [0.4, 0.5) is 0 Å². The maximum Gasteiger partial charge on any atom is 0.245 e. The van der Waals surface area contributed by atoms with E-state index in [1.165, 1.54) is 11.0 Å². The molecule has 0 aliphatic heterocycles. The van der Waals surface area contributed by atoms with Gasteiger partial charge in [-0.1, -0.05) is 12.1 Å². The number of benzene rings is 1. The summed E-state index contributed by atoms with van der Waals surface area (Å²) < 4.78 is 4.66. The largest absolute Gasteiger partial charge is 1.00 e. The van der Waals surface area contributed by atoms with E-state index in [0.29, 0.717) is 12.1 Å². The number of imidazole rings is 1. The van der Waals surface area contributed by atoms with Crippen molar-refractivity contribution in [2.45, 2.75) is 39.8 Å². The first-order valence-corrected chi connectivity index (χ1v) is 5.62. The van der Waals surface area contributed by atoms with Crippen LogP contribution < -0.4 is 28.5 Å². The van der Waals surface area contributed by atoms with Gasteiger partial charge in [0.05, 0.1) is 12.1 Å². The lowest BCUT2D eigenvalue weighted by Crippen LogP contribution is -3.00. The summed E-state index contributed by atoms with van der Waals surface area (Å²) in [7, 11) is 0. The molecule has 0 saturated carbocycles. The minimum Gasteiger partial charge on any atom is -1.00 e. The van der Waals surface area contributed by atoms with Crippen LogP contribution in [0.5, 0.6) is 0 Å². The summed E-state index contributed by atoms with van der Waals surface area (Å²) in [5, 5.41) is 0. The van der Waals surface area contributed by atoms with Crippen LogP contribution in [-0.4, -0.2) is 4.57 Å². The van der Waals surface area contributed by atoms with Gasteiger partial charge in [0.15, 0.2) is 11.0 Å². The number of aromatic nitrogens is 2. The SMILES string of the molecule is CC(C)n1c[n+](C(C)C)c2ccccc21.[I-].